The van der Waals surface area contributed by atoms with E-state index in [1.807, 2.05) is 13.8 Å². The molecule has 0 radical (unpaired) electrons. The predicted octanol–water partition coefficient (Wildman–Crippen LogP) is 2.04. The maximum Gasteiger partial charge on any atom is 0.0662 e. The van der Waals surface area contributed by atoms with E-state index in [0.717, 1.165) is 6.42 Å². The molecule has 3 unspecified atom stereocenters. The van der Waals surface area contributed by atoms with E-state index >= 15 is 0 Å². The molecule has 0 bridgehead atoms. The molecule has 0 fully saturated rings. The number of hydrogen-bond donors (Lipinski definition) is 2. The van der Waals surface area contributed by atoms with Crippen molar-refractivity contribution in [3.05, 3.63) is 22.4 Å². The number of aliphatic hydroxyl groups excluding tert-OH is 1. The van der Waals surface area contributed by atoms with Gasteiger partial charge in [0.15, 0.2) is 0 Å². The van der Waals surface area contributed by atoms with E-state index in [9.17, 15) is 5.11 Å². The van der Waals surface area contributed by atoms with Crippen molar-refractivity contribution >= 4 is 11.3 Å². The fraction of sp³-hybridized carbons (Fsp3) is 0.636. The quantitative estimate of drug-likeness (QED) is 0.784. The van der Waals surface area contributed by atoms with E-state index in [1.54, 1.807) is 11.3 Å². The van der Waals surface area contributed by atoms with Crippen molar-refractivity contribution in [2.75, 3.05) is 0 Å². The van der Waals surface area contributed by atoms with Gasteiger partial charge >= 0.3 is 0 Å². The summed E-state index contributed by atoms with van der Waals surface area (Å²) in [6.45, 7) is 5.98. The summed E-state index contributed by atoms with van der Waals surface area (Å²) >= 11 is 1.78. The summed E-state index contributed by atoms with van der Waals surface area (Å²) in [6.07, 6.45) is 0.745. The average molecular weight is 213 g/mol. The SMILES string of the molecule is CC(Cc1cccs1)NC(C)C(C)O. The average Bonchev–Trinajstić information content (AvgIpc) is 2.56. The lowest BCUT2D eigenvalue weighted by Crippen LogP contribution is -2.41. The molecule has 1 rings (SSSR count). The molecule has 1 heterocycles. The molecular weight excluding hydrogens is 194 g/mol. The first kappa shape index (κ1) is 11.7. The first-order valence-corrected chi connectivity index (χ1v) is 5.94. The van der Waals surface area contributed by atoms with E-state index in [0.29, 0.717) is 6.04 Å². The lowest BCUT2D eigenvalue weighted by atomic mass is 10.1. The molecule has 2 nitrogen and oxygen atoms in total. The highest BCUT2D eigenvalue weighted by Crippen LogP contribution is 2.11. The topological polar surface area (TPSA) is 32.3 Å². The highest BCUT2D eigenvalue weighted by Gasteiger charge is 2.12. The van der Waals surface area contributed by atoms with Crippen molar-refractivity contribution in [2.45, 2.75) is 45.4 Å². The number of thiophene rings is 1. The van der Waals surface area contributed by atoms with Crippen LogP contribution in [0, 0.1) is 0 Å². The lowest BCUT2D eigenvalue weighted by Gasteiger charge is -2.21. The number of hydrogen-bond acceptors (Lipinski definition) is 3. The standard InChI is InChI=1S/C11H19NOS/c1-8(12-9(2)10(3)13)7-11-5-4-6-14-11/h4-6,8-10,12-13H,7H2,1-3H3. The third-order valence-electron chi connectivity index (χ3n) is 2.36. The largest absolute Gasteiger partial charge is 0.392 e. The molecule has 0 saturated heterocycles. The zero-order valence-electron chi connectivity index (χ0n) is 9.03. The first-order chi connectivity index (χ1) is 6.59. The summed E-state index contributed by atoms with van der Waals surface area (Å²) in [6, 6.07) is 4.80. The summed E-state index contributed by atoms with van der Waals surface area (Å²) in [5, 5.41) is 14.8. The molecule has 0 amide bonds. The Morgan fingerprint density at radius 1 is 1.43 bits per heavy atom. The summed E-state index contributed by atoms with van der Waals surface area (Å²) in [5.41, 5.74) is 0. The van der Waals surface area contributed by atoms with E-state index in [4.69, 9.17) is 0 Å². The van der Waals surface area contributed by atoms with E-state index in [2.05, 4.69) is 29.8 Å². The van der Waals surface area contributed by atoms with E-state index in [1.165, 1.54) is 4.88 Å². The Hall–Kier alpha value is -0.380. The zero-order chi connectivity index (χ0) is 10.6. The van der Waals surface area contributed by atoms with Crippen LogP contribution in [0.15, 0.2) is 17.5 Å². The van der Waals surface area contributed by atoms with Gasteiger partial charge in [-0.1, -0.05) is 6.07 Å². The molecule has 0 spiro atoms. The number of nitrogens with one attached hydrogen (secondary N) is 1. The Kier molecular flexibility index (Phi) is 4.58. The Morgan fingerprint density at radius 2 is 2.14 bits per heavy atom. The normalized spacial score (nSPS) is 17.7. The zero-order valence-corrected chi connectivity index (χ0v) is 9.84. The molecule has 0 aliphatic carbocycles. The monoisotopic (exact) mass is 213 g/mol. The summed E-state index contributed by atoms with van der Waals surface area (Å²) in [5.74, 6) is 0. The van der Waals surface area contributed by atoms with Crippen LogP contribution in [0.2, 0.25) is 0 Å². The van der Waals surface area contributed by atoms with Gasteiger partial charge in [-0.05, 0) is 38.6 Å². The van der Waals surface area contributed by atoms with Gasteiger partial charge in [-0.3, -0.25) is 0 Å². The van der Waals surface area contributed by atoms with E-state index in [-0.39, 0.29) is 12.1 Å². The van der Waals surface area contributed by atoms with Gasteiger partial charge in [0.2, 0.25) is 0 Å². The summed E-state index contributed by atoms with van der Waals surface area (Å²) < 4.78 is 0. The van der Waals surface area contributed by atoms with Crippen LogP contribution in [0.25, 0.3) is 0 Å². The van der Waals surface area contributed by atoms with E-state index < -0.39 is 0 Å². The maximum atomic E-state index is 9.34. The van der Waals surface area contributed by atoms with Gasteiger partial charge in [-0.2, -0.15) is 0 Å². The molecule has 0 aliphatic rings. The molecular formula is C11H19NOS. The maximum absolute atomic E-state index is 9.34. The van der Waals surface area contributed by atoms with Gasteiger partial charge in [-0.25, -0.2) is 0 Å². The Labute approximate surface area is 90.0 Å². The molecule has 0 aromatic carbocycles. The van der Waals surface area contributed by atoms with Crippen molar-refractivity contribution in [3.63, 3.8) is 0 Å². The number of rotatable bonds is 5. The Bertz CT molecular complexity index is 246. The fourth-order valence-corrected chi connectivity index (χ4v) is 2.21. The van der Waals surface area contributed by atoms with Crippen molar-refractivity contribution in [1.29, 1.82) is 0 Å². The van der Waals surface area contributed by atoms with Crippen molar-refractivity contribution in [1.82, 2.24) is 5.32 Å². The lowest BCUT2D eigenvalue weighted by molar-refractivity contribution is 0.147. The smallest absolute Gasteiger partial charge is 0.0662 e. The van der Waals surface area contributed by atoms with Gasteiger partial charge < -0.3 is 10.4 Å². The van der Waals surface area contributed by atoms with Crippen LogP contribution in [0.3, 0.4) is 0 Å². The van der Waals surface area contributed by atoms with Crippen LogP contribution in [0.5, 0.6) is 0 Å². The molecule has 80 valence electrons. The molecule has 1 aromatic heterocycles. The van der Waals surface area contributed by atoms with Crippen LogP contribution >= 0.6 is 11.3 Å². The molecule has 2 N–H and O–H groups in total. The fourth-order valence-electron chi connectivity index (χ4n) is 1.38. The van der Waals surface area contributed by atoms with Crippen LogP contribution in [-0.2, 0) is 6.42 Å². The van der Waals surface area contributed by atoms with Gasteiger partial charge in [0.1, 0.15) is 0 Å². The second kappa shape index (κ2) is 5.49. The second-order valence-electron chi connectivity index (χ2n) is 3.88. The van der Waals surface area contributed by atoms with Crippen molar-refractivity contribution in [2.24, 2.45) is 0 Å². The van der Waals surface area contributed by atoms with Crippen LogP contribution < -0.4 is 5.32 Å². The Balaban J connectivity index is 2.32. The van der Waals surface area contributed by atoms with Gasteiger partial charge in [0, 0.05) is 17.0 Å². The third kappa shape index (κ3) is 3.78. The first-order valence-electron chi connectivity index (χ1n) is 5.06. The van der Waals surface area contributed by atoms with Crippen LogP contribution in [-0.4, -0.2) is 23.3 Å². The van der Waals surface area contributed by atoms with Crippen LogP contribution in [0.1, 0.15) is 25.6 Å². The highest BCUT2D eigenvalue weighted by molar-refractivity contribution is 7.09. The van der Waals surface area contributed by atoms with Gasteiger partial charge in [-0.15, -0.1) is 11.3 Å². The van der Waals surface area contributed by atoms with Crippen molar-refractivity contribution < 1.29 is 5.11 Å². The molecule has 1 aromatic rings. The third-order valence-corrected chi connectivity index (χ3v) is 3.26. The highest BCUT2D eigenvalue weighted by atomic mass is 32.1. The summed E-state index contributed by atoms with van der Waals surface area (Å²) in [4.78, 5) is 1.39. The van der Waals surface area contributed by atoms with Crippen LogP contribution in [0.4, 0.5) is 0 Å². The minimum atomic E-state index is -0.291. The predicted molar refractivity (Wildman–Crippen MR) is 61.8 cm³/mol. The number of aliphatic hydroxyl groups is 1. The Morgan fingerprint density at radius 3 is 2.64 bits per heavy atom. The van der Waals surface area contributed by atoms with Gasteiger partial charge in [0.05, 0.1) is 6.10 Å². The molecule has 0 aliphatic heterocycles. The summed E-state index contributed by atoms with van der Waals surface area (Å²) in [7, 11) is 0. The molecule has 3 atom stereocenters. The second-order valence-corrected chi connectivity index (χ2v) is 4.91. The van der Waals surface area contributed by atoms with Crippen molar-refractivity contribution in [3.8, 4) is 0 Å². The molecule has 0 saturated carbocycles. The minimum absolute atomic E-state index is 0.157. The molecule has 3 heteroatoms. The minimum Gasteiger partial charge on any atom is -0.392 e. The molecule has 14 heavy (non-hydrogen) atoms. The van der Waals surface area contributed by atoms with Gasteiger partial charge in [0.25, 0.3) is 0 Å².